The van der Waals surface area contributed by atoms with Gasteiger partial charge in [-0.25, -0.2) is 0 Å². The third-order valence-electron chi connectivity index (χ3n) is 0.932. The van der Waals surface area contributed by atoms with Gasteiger partial charge < -0.3 is 0 Å². The van der Waals surface area contributed by atoms with Crippen LogP contribution < -0.4 is 0 Å². The average Bonchev–Trinajstić information content (AvgIpc) is 1.68. The van der Waals surface area contributed by atoms with Gasteiger partial charge in [0.1, 0.15) is 0 Å². The molecule has 0 saturated carbocycles. The molecule has 0 aromatic carbocycles. The third-order valence-corrected chi connectivity index (χ3v) is 5.69. The highest BCUT2D eigenvalue weighted by atomic mass is 127. The molecule has 0 unspecified atom stereocenters. The molecule has 2 heteroatoms. The first-order chi connectivity index (χ1) is 3.81. The second-order valence-corrected chi connectivity index (χ2v) is 7.82. The normalized spacial score (nSPS) is 10.5. The lowest BCUT2D eigenvalue weighted by atomic mass is 10.6. The van der Waals surface area contributed by atoms with Gasteiger partial charge in [-0.1, -0.05) is 48.7 Å². The summed E-state index contributed by atoms with van der Waals surface area (Å²) in [5.41, 5.74) is 0.389. The minimum Gasteiger partial charge on any atom is -0.0650 e. The lowest BCUT2D eigenvalue weighted by Gasteiger charge is -2.04. The molecule has 0 heterocycles. The van der Waals surface area contributed by atoms with E-state index in [1.54, 1.807) is 0 Å². The molecule has 0 aromatic heterocycles. The summed E-state index contributed by atoms with van der Waals surface area (Å²) in [6.07, 6.45) is 5.66. The van der Waals surface area contributed by atoms with Crippen LogP contribution in [0.25, 0.3) is 0 Å². The Labute approximate surface area is 66.7 Å². The first-order valence-electron chi connectivity index (χ1n) is 3.22. The van der Waals surface area contributed by atoms with Gasteiger partial charge in [0.05, 0.1) is 0 Å². The minimum atomic E-state index is 0.389. The maximum Gasteiger partial charge on any atom is -0.0238 e. The highest BCUT2D eigenvalue weighted by Crippen LogP contribution is 2.45. The molecule has 0 aliphatic heterocycles. The smallest absolute Gasteiger partial charge is 0.0238 e. The highest BCUT2D eigenvalue weighted by molar-refractivity contribution is 14.2. The zero-order valence-corrected chi connectivity index (χ0v) is 8.71. The predicted octanol–water partition coefficient (Wildman–Crippen LogP) is 3.64. The van der Waals surface area contributed by atoms with Gasteiger partial charge >= 0.3 is 0 Å². The summed E-state index contributed by atoms with van der Waals surface area (Å²) < 4.78 is 0. The molecule has 0 radical (unpaired) electrons. The van der Waals surface area contributed by atoms with Crippen LogP contribution in [0.2, 0.25) is 0 Å². The van der Waals surface area contributed by atoms with Crippen LogP contribution in [0.5, 0.6) is 0 Å². The van der Waals surface area contributed by atoms with Crippen LogP contribution in [0, 0.1) is 0 Å². The summed E-state index contributed by atoms with van der Waals surface area (Å²) in [6, 6.07) is 0. The molecule has 0 rings (SSSR count). The Kier molecular flexibility index (Phi) is 7.19. The van der Waals surface area contributed by atoms with Crippen LogP contribution in [0.15, 0.2) is 0 Å². The Morgan fingerprint density at radius 2 is 1.50 bits per heavy atom. The van der Waals surface area contributed by atoms with Gasteiger partial charge in [-0.15, -0.1) is 0 Å². The van der Waals surface area contributed by atoms with Gasteiger partial charge in [-0.2, -0.15) is 0 Å². The van der Waals surface area contributed by atoms with Crippen molar-refractivity contribution >= 4 is 27.6 Å². The standard InChI is InChI=1S/C6H14IP/c1-3-5-8(7)6-4-2/h3-6H2,1-2H3. The Bertz CT molecular complexity index is 41.8. The molecular weight excluding hydrogens is 230 g/mol. The maximum atomic E-state index is 2.61. The SMILES string of the molecule is CCCP(I)CCC. The molecule has 0 aromatic rings. The summed E-state index contributed by atoms with van der Waals surface area (Å²) >= 11 is 2.61. The van der Waals surface area contributed by atoms with E-state index in [-0.39, 0.29) is 0 Å². The van der Waals surface area contributed by atoms with Crippen molar-refractivity contribution in [2.45, 2.75) is 26.7 Å². The van der Waals surface area contributed by atoms with E-state index in [4.69, 9.17) is 0 Å². The minimum absolute atomic E-state index is 0.389. The Balaban J connectivity index is 2.92. The summed E-state index contributed by atoms with van der Waals surface area (Å²) in [4.78, 5) is 0. The fraction of sp³-hybridized carbons (Fsp3) is 1.00. The first-order valence-corrected chi connectivity index (χ1v) is 7.71. The molecule has 0 aliphatic rings. The molecule has 0 aliphatic carbocycles. The van der Waals surface area contributed by atoms with E-state index in [1.807, 2.05) is 0 Å². The van der Waals surface area contributed by atoms with E-state index < -0.39 is 0 Å². The number of rotatable bonds is 4. The third kappa shape index (κ3) is 5.30. The van der Waals surface area contributed by atoms with Gasteiger partial charge in [0.15, 0.2) is 0 Å². The molecule has 0 bridgehead atoms. The molecule has 8 heavy (non-hydrogen) atoms. The summed E-state index contributed by atoms with van der Waals surface area (Å²) in [7, 11) is 0. The maximum absolute atomic E-state index is 2.61. The molecule has 0 spiro atoms. The van der Waals surface area contributed by atoms with Crippen LogP contribution in [-0.4, -0.2) is 12.3 Å². The highest BCUT2D eigenvalue weighted by Gasteiger charge is 1.97. The van der Waals surface area contributed by atoms with Crippen LogP contribution in [0.3, 0.4) is 0 Å². The molecular formula is C6H14IP. The predicted molar refractivity (Wildman–Crippen MR) is 51.3 cm³/mol. The monoisotopic (exact) mass is 244 g/mol. The molecule has 0 fully saturated rings. The van der Waals surface area contributed by atoms with Crippen LogP contribution in [-0.2, 0) is 0 Å². The lowest BCUT2D eigenvalue weighted by molar-refractivity contribution is 1.06. The fourth-order valence-corrected chi connectivity index (χ4v) is 4.69. The van der Waals surface area contributed by atoms with Gasteiger partial charge in [-0.05, 0) is 17.9 Å². The van der Waals surface area contributed by atoms with Gasteiger partial charge in [0.2, 0.25) is 0 Å². The van der Waals surface area contributed by atoms with Crippen LogP contribution >= 0.6 is 27.6 Å². The topological polar surface area (TPSA) is 0 Å². The molecule has 50 valence electrons. The Morgan fingerprint density at radius 3 is 1.75 bits per heavy atom. The van der Waals surface area contributed by atoms with Crippen LogP contribution in [0.4, 0.5) is 0 Å². The van der Waals surface area contributed by atoms with Gasteiger partial charge in [0, 0.05) is 0 Å². The Hall–Kier alpha value is 1.16. The zero-order valence-electron chi connectivity index (χ0n) is 5.65. The van der Waals surface area contributed by atoms with E-state index in [2.05, 4.69) is 35.9 Å². The summed E-state index contributed by atoms with van der Waals surface area (Å²) in [5.74, 6) is 0. The molecule has 0 amide bonds. The number of hydrogen-bond donors (Lipinski definition) is 0. The van der Waals surface area contributed by atoms with Crippen molar-refractivity contribution in [3.8, 4) is 0 Å². The molecule has 0 N–H and O–H groups in total. The van der Waals surface area contributed by atoms with Crippen molar-refractivity contribution in [2.75, 3.05) is 12.3 Å². The number of hydrogen-bond acceptors (Lipinski definition) is 0. The summed E-state index contributed by atoms with van der Waals surface area (Å²) in [6.45, 7) is 4.54. The van der Waals surface area contributed by atoms with Crippen molar-refractivity contribution in [2.24, 2.45) is 0 Å². The molecule has 0 nitrogen and oxygen atoms in total. The van der Waals surface area contributed by atoms with Crippen molar-refractivity contribution < 1.29 is 0 Å². The second kappa shape index (κ2) is 6.28. The molecule has 0 atom stereocenters. The fourth-order valence-electron chi connectivity index (χ4n) is 0.597. The van der Waals surface area contributed by atoms with E-state index in [1.165, 1.54) is 25.2 Å². The van der Waals surface area contributed by atoms with E-state index in [0.29, 0.717) is 5.56 Å². The quantitative estimate of drug-likeness (QED) is 0.523. The largest absolute Gasteiger partial charge is 0.0650 e. The average molecular weight is 244 g/mol. The van der Waals surface area contributed by atoms with Gasteiger partial charge in [0.25, 0.3) is 0 Å². The zero-order chi connectivity index (χ0) is 6.41. The van der Waals surface area contributed by atoms with E-state index in [0.717, 1.165) is 0 Å². The lowest BCUT2D eigenvalue weighted by Crippen LogP contribution is -1.79. The van der Waals surface area contributed by atoms with E-state index in [9.17, 15) is 0 Å². The first kappa shape index (κ1) is 9.16. The van der Waals surface area contributed by atoms with Gasteiger partial charge in [-0.3, -0.25) is 0 Å². The van der Waals surface area contributed by atoms with E-state index >= 15 is 0 Å². The van der Waals surface area contributed by atoms with Crippen molar-refractivity contribution in [3.63, 3.8) is 0 Å². The van der Waals surface area contributed by atoms with Crippen LogP contribution in [0.1, 0.15) is 26.7 Å². The summed E-state index contributed by atoms with van der Waals surface area (Å²) in [5, 5.41) is 0. The van der Waals surface area contributed by atoms with Crippen molar-refractivity contribution in [1.29, 1.82) is 0 Å². The Morgan fingerprint density at radius 1 is 1.12 bits per heavy atom. The van der Waals surface area contributed by atoms with Crippen molar-refractivity contribution in [3.05, 3.63) is 0 Å². The van der Waals surface area contributed by atoms with Crippen molar-refractivity contribution in [1.82, 2.24) is 0 Å². The molecule has 0 saturated heterocycles. The second-order valence-electron chi connectivity index (χ2n) is 1.91. The number of halogens is 1.